The van der Waals surface area contributed by atoms with Gasteiger partial charge in [-0.2, -0.15) is 0 Å². The molecule has 26 heavy (non-hydrogen) atoms. The molecule has 0 saturated heterocycles. The third-order valence-electron chi connectivity index (χ3n) is 4.70. The van der Waals surface area contributed by atoms with E-state index in [4.69, 9.17) is 28.2 Å². The van der Waals surface area contributed by atoms with E-state index >= 15 is 0 Å². The van der Waals surface area contributed by atoms with Crippen LogP contribution in [-0.4, -0.2) is 11.8 Å². The van der Waals surface area contributed by atoms with Gasteiger partial charge >= 0.3 is 0 Å². The summed E-state index contributed by atoms with van der Waals surface area (Å²) >= 11 is 12.1. The Balaban J connectivity index is 1.79. The Hall–Kier alpha value is -2.29. The first-order valence-corrected chi connectivity index (χ1v) is 9.31. The molecule has 4 heteroatoms. The third kappa shape index (κ3) is 3.23. The monoisotopic (exact) mass is 380 g/mol. The molecule has 0 aliphatic carbocycles. The van der Waals surface area contributed by atoms with Gasteiger partial charge in [-0.05, 0) is 54.4 Å². The molecule has 0 bridgehead atoms. The lowest BCUT2D eigenvalue weighted by molar-refractivity contribution is 0.675. The molecule has 0 radical (unpaired) electrons. The number of halogens is 2. The number of hydrogen-bond acceptors (Lipinski definition) is 2. The average Bonchev–Trinajstić information content (AvgIpc) is 3.01. The van der Waals surface area contributed by atoms with Crippen molar-refractivity contribution < 1.29 is 0 Å². The number of anilines is 1. The van der Waals surface area contributed by atoms with Gasteiger partial charge in [0.2, 0.25) is 0 Å². The van der Waals surface area contributed by atoms with Crippen LogP contribution in [0.15, 0.2) is 83.9 Å². The smallest absolute Gasteiger partial charge is 0.148 e. The number of nitrogens with zero attached hydrogens (tertiary/aromatic N) is 2. The minimum absolute atomic E-state index is 0.0712. The summed E-state index contributed by atoms with van der Waals surface area (Å²) in [5.41, 5.74) is 4.42. The Morgan fingerprint density at radius 1 is 0.769 bits per heavy atom. The Kier molecular flexibility index (Phi) is 4.71. The fourth-order valence-corrected chi connectivity index (χ4v) is 3.67. The van der Waals surface area contributed by atoms with Crippen LogP contribution in [0.25, 0.3) is 0 Å². The van der Waals surface area contributed by atoms with Gasteiger partial charge in [0.05, 0.1) is 11.8 Å². The third-order valence-corrected chi connectivity index (χ3v) is 5.20. The van der Waals surface area contributed by atoms with Gasteiger partial charge < -0.3 is 4.90 Å². The van der Waals surface area contributed by atoms with Gasteiger partial charge in [-0.3, -0.25) is 4.99 Å². The van der Waals surface area contributed by atoms with Crippen LogP contribution in [0.5, 0.6) is 0 Å². The van der Waals surface area contributed by atoms with E-state index < -0.39 is 0 Å². The van der Waals surface area contributed by atoms with Crippen molar-refractivity contribution in [1.82, 2.24) is 0 Å². The maximum Gasteiger partial charge on any atom is 0.148 e. The van der Waals surface area contributed by atoms with E-state index in [1.165, 1.54) is 5.56 Å². The zero-order valence-corrected chi connectivity index (χ0v) is 15.8. The Labute approximate surface area is 163 Å². The van der Waals surface area contributed by atoms with Crippen LogP contribution in [-0.2, 0) is 0 Å². The van der Waals surface area contributed by atoms with Gasteiger partial charge in [0.1, 0.15) is 6.17 Å². The Morgan fingerprint density at radius 2 is 1.35 bits per heavy atom. The second-order valence-electron chi connectivity index (χ2n) is 6.37. The van der Waals surface area contributed by atoms with Gasteiger partial charge in [-0.1, -0.05) is 65.7 Å². The molecule has 1 heterocycles. The van der Waals surface area contributed by atoms with Crippen molar-refractivity contribution >= 4 is 34.6 Å². The summed E-state index contributed by atoms with van der Waals surface area (Å²) in [7, 11) is 0. The number of benzene rings is 3. The molecule has 0 aromatic heterocycles. The van der Waals surface area contributed by atoms with Crippen LogP contribution >= 0.6 is 23.2 Å². The first kappa shape index (κ1) is 17.1. The van der Waals surface area contributed by atoms with Gasteiger partial charge in [0.25, 0.3) is 0 Å². The van der Waals surface area contributed by atoms with Crippen molar-refractivity contribution in [1.29, 1.82) is 0 Å². The molecule has 3 aromatic rings. The largest absolute Gasteiger partial charge is 0.337 e. The van der Waals surface area contributed by atoms with E-state index in [1.54, 1.807) is 0 Å². The lowest BCUT2D eigenvalue weighted by Gasteiger charge is -2.30. The van der Waals surface area contributed by atoms with Crippen LogP contribution in [0, 0.1) is 0 Å². The van der Waals surface area contributed by atoms with Crippen molar-refractivity contribution in [3.8, 4) is 0 Å². The van der Waals surface area contributed by atoms with Crippen molar-refractivity contribution in [3.05, 3.63) is 100 Å². The van der Waals surface area contributed by atoms with Crippen LogP contribution in [0.3, 0.4) is 0 Å². The molecule has 130 valence electrons. The molecule has 2 atom stereocenters. The molecule has 2 unspecified atom stereocenters. The van der Waals surface area contributed by atoms with Gasteiger partial charge in [-0.25, -0.2) is 0 Å². The molecular formula is C22H18Cl2N2. The summed E-state index contributed by atoms with van der Waals surface area (Å²) in [5, 5.41) is 1.46. The SMILES string of the molecule is CC1C(c2ccc(Cl)cc2)=NC(c2ccccc2)N1c1ccc(Cl)cc1. The maximum atomic E-state index is 6.09. The average molecular weight is 381 g/mol. The molecule has 4 rings (SSSR count). The van der Waals surface area contributed by atoms with Gasteiger partial charge in [0.15, 0.2) is 0 Å². The summed E-state index contributed by atoms with van der Waals surface area (Å²) < 4.78 is 0. The molecule has 0 fully saturated rings. The van der Waals surface area contributed by atoms with E-state index in [2.05, 4.69) is 48.2 Å². The fourth-order valence-electron chi connectivity index (χ4n) is 3.42. The van der Waals surface area contributed by atoms with E-state index in [1.807, 2.05) is 42.5 Å². The second-order valence-corrected chi connectivity index (χ2v) is 7.24. The first-order valence-electron chi connectivity index (χ1n) is 8.56. The molecule has 3 aromatic carbocycles. The van der Waals surface area contributed by atoms with E-state index in [0.717, 1.165) is 27.0 Å². The van der Waals surface area contributed by atoms with E-state index in [0.29, 0.717) is 0 Å². The predicted molar refractivity (Wildman–Crippen MR) is 111 cm³/mol. The number of hydrogen-bond donors (Lipinski definition) is 0. The molecule has 0 spiro atoms. The number of rotatable bonds is 3. The molecule has 1 aliphatic rings. The molecule has 0 amide bonds. The topological polar surface area (TPSA) is 15.6 Å². The molecule has 0 N–H and O–H groups in total. The normalized spacial score (nSPS) is 19.5. The summed E-state index contributed by atoms with van der Waals surface area (Å²) in [6.07, 6.45) is -0.0712. The van der Waals surface area contributed by atoms with Crippen molar-refractivity contribution in [2.45, 2.75) is 19.1 Å². The zero-order valence-electron chi connectivity index (χ0n) is 14.3. The minimum atomic E-state index is -0.0712. The highest BCUT2D eigenvalue weighted by molar-refractivity contribution is 6.31. The number of aliphatic imine (C=N–C) groups is 1. The zero-order chi connectivity index (χ0) is 18.1. The quantitative estimate of drug-likeness (QED) is 0.513. The van der Waals surface area contributed by atoms with E-state index in [9.17, 15) is 0 Å². The highest BCUT2D eigenvalue weighted by atomic mass is 35.5. The summed E-state index contributed by atoms with van der Waals surface area (Å²) in [4.78, 5) is 7.41. The molecule has 0 saturated carbocycles. The second kappa shape index (κ2) is 7.14. The lowest BCUT2D eigenvalue weighted by Crippen LogP contribution is -2.35. The van der Waals surface area contributed by atoms with Crippen LogP contribution in [0.1, 0.15) is 24.2 Å². The maximum absolute atomic E-state index is 6.09. The lowest BCUT2D eigenvalue weighted by atomic mass is 10.0. The van der Waals surface area contributed by atoms with Crippen LogP contribution in [0.4, 0.5) is 5.69 Å². The van der Waals surface area contributed by atoms with Crippen molar-refractivity contribution in [3.63, 3.8) is 0 Å². The molecular weight excluding hydrogens is 363 g/mol. The highest BCUT2D eigenvalue weighted by Crippen LogP contribution is 2.37. The summed E-state index contributed by atoms with van der Waals surface area (Å²) in [6, 6.07) is 26.3. The minimum Gasteiger partial charge on any atom is -0.337 e. The van der Waals surface area contributed by atoms with E-state index in [-0.39, 0.29) is 12.2 Å². The Bertz CT molecular complexity index is 919. The standard InChI is InChI=1S/C22H18Cl2N2/c1-15-21(16-7-9-18(23)10-8-16)25-22(17-5-3-2-4-6-17)26(15)20-13-11-19(24)12-14-20/h2-15,22H,1H3. The fraction of sp³-hybridized carbons (Fsp3) is 0.136. The first-order chi connectivity index (χ1) is 12.6. The predicted octanol–water partition coefficient (Wildman–Crippen LogP) is 6.39. The van der Waals surface area contributed by atoms with Gasteiger partial charge in [0, 0.05) is 15.7 Å². The molecule has 2 nitrogen and oxygen atoms in total. The van der Waals surface area contributed by atoms with Crippen molar-refractivity contribution in [2.24, 2.45) is 4.99 Å². The van der Waals surface area contributed by atoms with Gasteiger partial charge in [-0.15, -0.1) is 0 Å². The van der Waals surface area contributed by atoms with Crippen LogP contribution in [0.2, 0.25) is 10.0 Å². The summed E-state index contributed by atoms with van der Waals surface area (Å²) in [5.74, 6) is 0. The Morgan fingerprint density at radius 3 is 1.96 bits per heavy atom. The highest BCUT2D eigenvalue weighted by Gasteiger charge is 2.35. The van der Waals surface area contributed by atoms with Crippen molar-refractivity contribution in [2.75, 3.05) is 4.90 Å². The summed E-state index contributed by atoms with van der Waals surface area (Å²) in [6.45, 7) is 2.19. The van der Waals surface area contributed by atoms with Crippen LogP contribution < -0.4 is 4.90 Å². The molecule has 1 aliphatic heterocycles.